The molecule has 0 aliphatic heterocycles. The first-order valence-corrected chi connectivity index (χ1v) is 10.0. The molecular weight excluding hydrogens is 450 g/mol. The normalized spacial score (nSPS) is 10.9. The van der Waals surface area contributed by atoms with Gasteiger partial charge >= 0.3 is 0 Å². The number of rotatable bonds is 5. The van der Waals surface area contributed by atoms with Crippen LogP contribution in [0.2, 0.25) is 0 Å². The van der Waals surface area contributed by atoms with Crippen LogP contribution >= 0.6 is 15.9 Å². The first-order valence-electron chi connectivity index (χ1n) is 9.24. The number of hydrogen-bond donors (Lipinski definition) is 1. The highest BCUT2D eigenvalue weighted by molar-refractivity contribution is 9.10. The first kappa shape index (κ1) is 20.0. The van der Waals surface area contributed by atoms with Crippen LogP contribution in [0.3, 0.4) is 0 Å². The molecule has 0 radical (unpaired) electrons. The van der Waals surface area contributed by atoms with Gasteiger partial charge in [0.2, 0.25) is 16.9 Å². The highest BCUT2D eigenvalue weighted by Crippen LogP contribution is 2.33. The Bertz CT molecular complexity index is 1300. The summed E-state index contributed by atoms with van der Waals surface area (Å²) in [6.45, 7) is 3.54. The van der Waals surface area contributed by atoms with Gasteiger partial charge in [-0.3, -0.25) is 9.59 Å². The lowest BCUT2D eigenvalue weighted by Crippen LogP contribution is -2.23. The summed E-state index contributed by atoms with van der Waals surface area (Å²) in [7, 11) is 0. The quantitative estimate of drug-likeness (QED) is 0.421. The van der Waals surface area contributed by atoms with Crippen molar-refractivity contribution in [3.8, 4) is 17.3 Å². The molecule has 0 aliphatic carbocycles. The molecule has 4 rings (SSSR count). The number of para-hydroxylation sites is 1. The van der Waals surface area contributed by atoms with Gasteiger partial charge in [-0.1, -0.05) is 24.3 Å². The number of nitrogens with one attached hydrogen (secondary N) is 1. The molecule has 152 valence electrons. The van der Waals surface area contributed by atoms with Crippen molar-refractivity contribution < 1.29 is 18.4 Å². The van der Waals surface area contributed by atoms with Crippen LogP contribution in [0.5, 0.6) is 5.75 Å². The molecule has 0 spiro atoms. The van der Waals surface area contributed by atoms with Gasteiger partial charge in [-0.05, 0) is 71.2 Å². The molecule has 0 atom stereocenters. The van der Waals surface area contributed by atoms with E-state index in [9.17, 15) is 9.59 Å². The third kappa shape index (κ3) is 3.89. The van der Waals surface area contributed by atoms with Crippen molar-refractivity contribution in [2.75, 3.05) is 11.9 Å². The Hall–Kier alpha value is -3.32. The van der Waals surface area contributed by atoms with Crippen LogP contribution in [0.25, 0.3) is 22.5 Å². The van der Waals surface area contributed by atoms with E-state index in [-0.39, 0.29) is 29.5 Å². The Morgan fingerprint density at radius 1 is 1.03 bits per heavy atom. The van der Waals surface area contributed by atoms with E-state index in [2.05, 4.69) is 21.2 Å². The van der Waals surface area contributed by atoms with Crippen molar-refractivity contribution in [3.05, 3.63) is 80.6 Å². The lowest BCUT2D eigenvalue weighted by Gasteiger charge is -2.12. The average molecular weight is 468 g/mol. The van der Waals surface area contributed by atoms with E-state index >= 15 is 0 Å². The second-order valence-corrected chi connectivity index (χ2v) is 7.56. The van der Waals surface area contributed by atoms with Crippen molar-refractivity contribution in [2.45, 2.75) is 13.8 Å². The standard InChI is InChI=1S/C23H18BrNO5/c1-13-6-5-8-16(14(13)2)25-20(26)12-28-23-21(27)15-7-3-4-9-17(15)30-22(23)18-10-11-19(24)29-18/h3-11H,12H2,1-2H3,(H,25,26). The number of carbonyl (C=O) groups is 1. The van der Waals surface area contributed by atoms with Crippen LogP contribution < -0.4 is 15.5 Å². The minimum Gasteiger partial charge on any atom is -0.476 e. The Labute approximate surface area is 180 Å². The third-order valence-corrected chi connectivity index (χ3v) is 5.21. The molecule has 2 aromatic carbocycles. The van der Waals surface area contributed by atoms with Gasteiger partial charge in [0.25, 0.3) is 5.91 Å². The van der Waals surface area contributed by atoms with Gasteiger partial charge < -0.3 is 18.9 Å². The van der Waals surface area contributed by atoms with Crippen LogP contribution in [0.4, 0.5) is 5.69 Å². The van der Waals surface area contributed by atoms with Crippen LogP contribution in [0.1, 0.15) is 11.1 Å². The molecule has 6 nitrogen and oxygen atoms in total. The van der Waals surface area contributed by atoms with E-state index in [4.69, 9.17) is 13.6 Å². The Kier molecular flexibility index (Phi) is 5.46. The number of aryl methyl sites for hydroxylation is 1. The summed E-state index contributed by atoms with van der Waals surface area (Å²) in [5, 5.41) is 3.17. The summed E-state index contributed by atoms with van der Waals surface area (Å²) < 4.78 is 17.6. The molecule has 2 aromatic heterocycles. The molecular formula is C23H18BrNO5. The highest BCUT2D eigenvalue weighted by atomic mass is 79.9. The fourth-order valence-electron chi connectivity index (χ4n) is 3.07. The number of fused-ring (bicyclic) bond motifs is 1. The van der Waals surface area contributed by atoms with E-state index in [0.717, 1.165) is 11.1 Å². The second-order valence-electron chi connectivity index (χ2n) is 6.77. The van der Waals surface area contributed by atoms with Gasteiger partial charge in [0.1, 0.15) is 5.58 Å². The van der Waals surface area contributed by atoms with E-state index in [0.29, 0.717) is 27.1 Å². The predicted molar refractivity (Wildman–Crippen MR) is 118 cm³/mol. The summed E-state index contributed by atoms with van der Waals surface area (Å²) in [5.74, 6) is -0.0203. The zero-order valence-electron chi connectivity index (χ0n) is 16.3. The molecule has 4 aromatic rings. The van der Waals surface area contributed by atoms with Crippen LogP contribution in [-0.2, 0) is 4.79 Å². The fraction of sp³-hybridized carbons (Fsp3) is 0.130. The van der Waals surface area contributed by atoms with Gasteiger partial charge in [0.15, 0.2) is 17.0 Å². The van der Waals surface area contributed by atoms with Crippen molar-refractivity contribution >= 4 is 38.5 Å². The van der Waals surface area contributed by atoms with Gasteiger partial charge in [0, 0.05) is 5.69 Å². The zero-order valence-corrected chi connectivity index (χ0v) is 17.9. The molecule has 0 fully saturated rings. The molecule has 0 saturated carbocycles. The first-order chi connectivity index (χ1) is 14.4. The molecule has 30 heavy (non-hydrogen) atoms. The monoisotopic (exact) mass is 467 g/mol. The average Bonchev–Trinajstić information content (AvgIpc) is 3.17. The maximum Gasteiger partial charge on any atom is 0.262 e. The topological polar surface area (TPSA) is 81.7 Å². The smallest absolute Gasteiger partial charge is 0.262 e. The van der Waals surface area contributed by atoms with E-state index < -0.39 is 0 Å². The van der Waals surface area contributed by atoms with Crippen LogP contribution in [0.15, 0.2) is 72.9 Å². The minimum absolute atomic E-state index is 0.0772. The Balaban J connectivity index is 1.66. The Morgan fingerprint density at radius 2 is 1.83 bits per heavy atom. The third-order valence-electron chi connectivity index (χ3n) is 4.78. The van der Waals surface area contributed by atoms with E-state index in [1.807, 2.05) is 32.0 Å². The highest BCUT2D eigenvalue weighted by Gasteiger charge is 2.21. The predicted octanol–water partition coefficient (Wildman–Crippen LogP) is 5.45. The minimum atomic E-state index is -0.386. The number of amides is 1. The van der Waals surface area contributed by atoms with Crippen LogP contribution in [0, 0.1) is 13.8 Å². The van der Waals surface area contributed by atoms with Gasteiger partial charge in [-0.15, -0.1) is 0 Å². The largest absolute Gasteiger partial charge is 0.476 e. The molecule has 0 saturated heterocycles. The lowest BCUT2D eigenvalue weighted by atomic mass is 10.1. The number of benzene rings is 2. The number of furan rings is 1. The molecule has 0 aliphatic rings. The second kappa shape index (κ2) is 8.20. The van der Waals surface area contributed by atoms with Crippen LogP contribution in [-0.4, -0.2) is 12.5 Å². The molecule has 2 heterocycles. The van der Waals surface area contributed by atoms with Gasteiger partial charge in [-0.25, -0.2) is 0 Å². The molecule has 1 amide bonds. The molecule has 1 N–H and O–H groups in total. The van der Waals surface area contributed by atoms with Crippen molar-refractivity contribution in [1.82, 2.24) is 0 Å². The number of ether oxygens (including phenoxy) is 1. The summed E-state index contributed by atoms with van der Waals surface area (Å²) in [6.07, 6.45) is 0. The lowest BCUT2D eigenvalue weighted by molar-refractivity contribution is -0.118. The molecule has 0 bridgehead atoms. The fourth-order valence-corrected chi connectivity index (χ4v) is 3.37. The van der Waals surface area contributed by atoms with E-state index in [1.165, 1.54) is 0 Å². The van der Waals surface area contributed by atoms with Crippen molar-refractivity contribution in [3.63, 3.8) is 0 Å². The number of hydrogen-bond acceptors (Lipinski definition) is 5. The van der Waals surface area contributed by atoms with E-state index in [1.54, 1.807) is 36.4 Å². The Morgan fingerprint density at radius 3 is 2.60 bits per heavy atom. The molecule has 0 unspecified atom stereocenters. The SMILES string of the molecule is Cc1cccc(NC(=O)COc2c(-c3ccc(Br)o3)oc3ccccc3c2=O)c1C. The van der Waals surface area contributed by atoms with Gasteiger partial charge in [0.05, 0.1) is 5.39 Å². The van der Waals surface area contributed by atoms with Gasteiger partial charge in [-0.2, -0.15) is 0 Å². The van der Waals surface area contributed by atoms with Crippen molar-refractivity contribution in [2.24, 2.45) is 0 Å². The van der Waals surface area contributed by atoms with Crippen molar-refractivity contribution in [1.29, 1.82) is 0 Å². The summed E-state index contributed by atoms with van der Waals surface area (Å²) >= 11 is 3.24. The maximum atomic E-state index is 13.0. The summed E-state index contributed by atoms with van der Waals surface area (Å²) in [5.41, 5.74) is 2.76. The maximum absolute atomic E-state index is 13.0. The number of carbonyl (C=O) groups excluding carboxylic acids is 1. The summed E-state index contributed by atoms with van der Waals surface area (Å²) in [6, 6.07) is 15.8. The number of anilines is 1. The molecule has 7 heteroatoms. The zero-order chi connectivity index (χ0) is 21.3. The summed E-state index contributed by atoms with van der Waals surface area (Å²) in [4.78, 5) is 25.5. The number of halogens is 1.